The Morgan fingerprint density at radius 3 is 1.85 bits per heavy atom. The number of carbonyl (C=O) groups is 1. The Hall–Kier alpha value is -4.32. The number of aromatic nitrogens is 1. The Morgan fingerprint density at radius 1 is 0.725 bits per heavy atom. The van der Waals surface area contributed by atoms with Gasteiger partial charge in [0.25, 0.3) is 5.91 Å². The van der Waals surface area contributed by atoms with E-state index in [1.807, 2.05) is 41.3 Å². The molecule has 0 unspecified atom stereocenters. The molecule has 0 atom stereocenters. The fourth-order valence-corrected chi connectivity index (χ4v) is 6.48. The minimum absolute atomic E-state index is 0.000641. The van der Waals surface area contributed by atoms with Crippen LogP contribution in [0, 0.1) is 0 Å². The SMILES string of the molecule is CCN(CC)c1ccc2c(c1)Oc1cc(N(CC)CC)ccc1C21c2ccccc2C(=O)N1Cc1ccccn1. The van der Waals surface area contributed by atoms with Crippen LogP contribution in [0.5, 0.6) is 11.5 Å². The highest BCUT2D eigenvalue weighted by Gasteiger charge is 2.56. The van der Waals surface area contributed by atoms with E-state index in [1.54, 1.807) is 6.20 Å². The monoisotopic (exact) mass is 532 g/mol. The zero-order valence-corrected chi connectivity index (χ0v) is 23.7. The molecule has 6 heteroatoms. The van der Waals surface area contributed by atoms with Gasteiger partial charge in [0.2, 0.25) is 0 Å². The lowest BCUT2D eigenvalue weighted by Gasteiger charge is -2.44. The molecule has 40 heavy (non-hydrogen) atoms. The second-order valence-electron chi connectivity index (χ2n) is 10.3. The van der Waals surface area contributed by atoms with Gasteiger partial charge in [-0.15, -0.1) is 0 Å². The number of hydrogen-bond donors (Lipinski definition) is 0. The summed E-state index contributed by atoms with van der Waals surface area (Å²) in [5.74, 6) is 1.56. The molecular weight excluding hydrogens is 496 g/mol. The first-order valence-corrected chi connectivity index (χ1v) is 14.3. The number of benzene rings is 3. The van der Waals surface area contributed by atoms with Gasteiger partial charge in [-0.05, 0) is 63.6 Å². The summed E-state index contributed by atoms with van der Waals surface area (Å²) in [5.41, 5.74) is 5.86. The number of amides is 1. The standard InChI is InChI=1S/C34H36N4O2/c1-5-36(6-2)25-16-18-29-31(21-25)40-32-22-26(37(7-3)8-4)17-19-30(32)34(29)28-15-10-9-14-27(28)33(39)38(34)23-24-13-11-12-20-35-24/h9-22H,5-8,23H2,1-4H3. The predicted molar refractivity (Wildman–Crippen MR) is 161 cm³/mol. The van der Waals surface area contributed by atoms with Gasteiger partial charge in [0, 0.05) is 72.6 Å². The van der Waals surface area contributed by atoms with Crippen molar-refractivity contribution >= 4 is 17.3 Å². The van der Waals surface area contributed by atoms with Crippen LogP contribution in [0.4, 0.5) is 11.4 Å². The first-order valence-electron chi connectivity index (χ1n) is 14.3. The van der Waals surface area contributed by atoms with Gasteiger partial charge in [-0.3, -0.25) is 9.78 Å². The van der Waals surface area contributed by atoms with Crippen LogP contribution >= 0.6 is 0 Å². The van der Waals surface area contributed by atoms with Gasteiger partial charge in [-0.25, -0.2) is 0 Å². The number of anilines is 2. The van der Waals surface area contributed by atoms with Gasteiger partial charge in [0.15, 0.2) is 0 Å². The van der Waals surface area contributed by atoms with Crippen LogP contribution in [0.2, 0.25) is 0 Å². The molecule has 3 heterocycles. The van der Waals surface area contributed by atoms with Crippen molar-refractivity contribution in [3.63, 3.8) is 0 Å². The van der Waals surface area contributed by atoms with Crippen molar-refractivity contribution in [1.29, 1.82) is 0 Å². The molecule has 2 aliphatic rings. The van der Waals surface area contributed by atoms with Gasteiger partial charge < -0.3 is 19.4 Å². The number of fused-ring (bicyclic) bond motifs is 6. The molecule has 1 spiro atoms. The summed E-state index contributed by atoms with van der Waals surface area (Å²) in [7, 11) is 0. The maximum Gasteiger partial charge on any atom is 0.255 e. The van der Waals surface area contributed by atoms with Crippen LogP contribution in [-0.2, 0) is 12.1 Å². The lowest BCUT2D eigenvalue weighted by Crippen LogP contribution is -2.47. The predicted octanol–water partition coefficient (Wildman–Crippen LogP) is 6.83. The van der Waals surface area contributed by atoms with Crippen LogP contribution in [0.1, 0.15) is 60.4 Å². The molecular formula is C34H36N4O2. The summed E-state index contributed by atoms with van der Waals surface area (Å²) in [4.78, 5) is 25.5. The normalized spacial score (nSPS) is 14.4. The molecule has 4 aromatic rings. The minimum Gasteiger partial charge on any atom is -0.456 e. The highest BCUT2D eigenvalue weighted by Crippen LogP contribution is 2.58. The van der Waals surface area contributed by atoms with E-state index in [0.717, 1.165) is 77.0 Å². The third-order valence-corrected chi connectivity index (χ3v) is 8.43. The number of rotatable bonds is 8. The average molecular weight is 533 g/mol. The molecule has 2 aliphatic heterocycles. The Bertz CT molecular complexity index is 1480. The summed E-state index contributed by atoms with van der Waals surface area (Å²) >= 11 is 0. The molecule has 6 rings (SSSR count). The average Bonchev–Trinajstić information content (AvgIpc) is 3.23. The first kappa shape index (κ1) is 25.9. The van der Waals surface area contributed by atoms with E-state index < -0.39 is 5.54 Å². The van der Waals surface area contributed by atoms with Gasteiger partial charge in [-0.2, -0.15) is 0 Å². The van der Waals surface area contributed by atoms with Gasteiger partial charge in [0.05, 0.1) is 12.2 Å². The summed E-state index contributed by atoms with van der Waals surface area (Å²) in [6, 6.07) is 26.8. The summed E-state index contributed by atoms with van der Waals surface area (Å²) in [6.45, 7) is 12.6. The molecule has 1 aromatic heterocycles. The lowest BCUT2D eigenvalue weighted by molar-refractivity contribution is 0.0642. The van der Waals surface area contributed by atoms with Gasteiger partial charge in [-0.1, -0.05) is 36.4 Å². The third kappa shape index (κ3) is 3.85. The second-order valence-corrected chi connectivity index (χ2v) is 10.3. The number of nitrogens with zero attached hydrogens (tertiary/aromatic N) is 4. The van der Waals surface area contributed by atoms with Gasteiger partial charge in [0.1, 0.15) is 17.0 Å². The molecule has 1 amide bonds. The van der Waals surface area contributed by atoms with Crippen molar-refractivity contribution in [1.82, 2.24) is 9.88 Å². The van der Waals surface area contributed by atoms with E-state index in [0.29, 0.717) is 6.54 Å². The van der Waals surface area contributed by atoms with Crippen LogP contribution in [0.15, 0.2) is 85.1 Å². The van der Waals surface area contributed by atoms with Crippen molar-refractivity contribution < 1.29 is 9.53 Å². The molecule has 0 bridgehead atoms. The quantitative estimate of drug-likeness (QED) is 0.249. The van der Waals surface area contributed by atoms with Crippen LogP contribution in [0.3, 0.4) is 0 Å². The van der Waals surface area contributed by atoms with E-state index in [4.69, 9.17) is 4.74 Å². The topological polar surface area (TPSA) is 48.9 Å². The van der Waals surface area contributed by atoms with Crippen molar-refractivity contribution in [2.45, 2.75) is 39.8 Å². The number of hydrogen-bond acceptors (Lipinski definition) is 5. The van der Waals surface area contributed by atoms with Crippen molar-refractivity contribution in [3.05, 3.63) is 113 Å². The van der Waals surface area contributed by atoms with Gasteiger partial charge >= 0.3 is 0 Å². The van der Waals surface area contributed by atoms with Crippen LogP contribution in [0.25, 0.3) is 0 Å². The third-order valence-electron chi connectivity index (χ3n) is 8.43. The maximum atomic E-state index is 14.3. The fraction of sp³-hybridized carbons (Fsp3) is 0.294. The van der Waals surface area contributed by atoms with Crippen molar-refractivity contribution in [2.75, 3.05) is 36.0 Å². The van der Waals surface area contributed by atoms with Crippen LogP contribution < -0.4 is 14.5 Å². The first-order chi connectivity index (χ1) is 19.6. The maximum absolute atomic E-state index is 14.3. The number of carbonyl (C=O) groups excluding carboxylic acids is 1. The second kappa shape index (κ2) is 10.3. The largest absolute Gasteiger partial charge is 0.456 e. The molecule has 6 nitrogen and oxygen atoms in total. The van der Waals surface area contributed by atoms with E-state index in [1.165, 1.54) is 0 Å². The molecule has 0 saturated carbocycles. The molecule has 0 radical (unpaired) electrons. The Balaban J connectivity index is 1.65. The number of pyridine rings is 1. The van der Waals surface area contributed by atoms with Crippen molar-refractivity contribution in [2.24, 2.45) is 0 Å². The number of ether oxygens (including phenoxy) is 1. The van der Waals surface area contributed by atoms with Crippen molar-refractivity contribution in [3.8, 4) is 11.5 Å². The van der Waals surface area contributed by atoms with Crippen LogP contribution in [-0.4, -0.2) is 42.0 Å². The van der Waals surface area contributed by atoms with E-state index in [-0.39, 0.29) is 5.91 Å². The lowest BCUT2D eigenvalue weighted by atomic mass is 9.74. The molecule has 3 aromatic carbocycles. The minimum atomic E-state index is -0.850. The molecule has 0 fully saturated rings. The smallest absolute Gasteiger partial charge is 0.255 e. The molecule has 0 N–H and O–H groups in total. The molecule has 0 aliphatic carbocycles. The summed E-state index contributed by atoms with van der Waals surface area (Å²) < 4.78 is 6.77. The highest BCUT2D eigenvalue weighted by atomic mass is 16.5. The summed E-state index contributed by atoms with van der Waals surface area (Å²) in [5, 5.41) is 0. The molecule has 0 saturated heterocycles. The highest BCUT2D eigenvalue weighted by molar-refractivity contribution is 6.02. The molecule has 204 valence electrons. The Kier molecular flexibility index (Phi) is 6.70. The zero-order chi connectivity index (χ0) is 27.9. The Labute approximate surface area is 236 Å². The van der Waals surface area contributed by atoms with E-state index >= 15 is 0 Å². The summed E-state index contributed by atoms with van der Waals surface area (Å²) in [6.07, 6.45) is 1.79. The van der Waals surface area contributed by atoms with E-state index in [2.05, 4.69) is 84.9 Å². The fourth-order valence-electron chi connectivity index (χ4n) is 6.48. The zero-order valence-electron chi connectivity index (χ0n) is 23.7. The van der Waals surface area contributed by atoms with E-state index in [9.17, 15) is 4.79 Å². The Morgan fingerprint density at radius 2 is 1.30 bits per heavy atom.